The minimum Gasteiger partial charge on any atom is -0.329 e. The zero-order valence-electron chi connectivity index (χ0n) is 10.8. The lowest BCUT2D eigenvalue weighted by atomic mass is 10.1. The maximum absolute atomic E-state index is 5.94. The van der Waals surface area contributed by atoms with E-state index in [1.807, 2.05) is 0 Å². The summed E-state index contributed by atoms with van der Waals surface area (Å²) in [6.45, 7) is 4.10. The van der Waals surface area contributed by atoms with Crippen molar-refractivity contribution in [2.24, 2.45) is 5.73 Å². The maximum Gasteiger partial charge on any atom is 0.0240 e. The van der Waals surface area contributed by atoms with Crippen molar-refractivity contribution in [2.45, 2.75) is 51.2 Å². The van der Waals surface area contributed by atoms with Crippen molar-refractivity contribution in [3.05, 3.63) is 35.9 Å². The first-order valence-corrected chi connectivity index (χ1v) is 6.85. The largest absolute Gasteiger partial charge is 0.329 e. The Morgan fingerprint density at radius 2 is 2.00 bits per heavy atom. The molecule has 1 atom stereocenters. The molecule has 1 fully saturated rings. The van der Waals surface area contributed by atoms with E-state index in [0.717, 1.165) is 19.1 Å². The normalized spacial score (nSPS) is 17.4. The van der Waals surface area contributed by atoms with E-state index >= 15 is 0 Å². The molecular formula is C15H24N2. The lowest BCUT2D eigenvalue weighted by molar-refractivity contribution is 0.171. The molecule has 1 aliphatic rings. The Labute approximate surface area is 105 Å². The Hall–Kier alpha value is -0.860. The van der Waals surface area contributed by atoms with E-state index in [1.54, 1.807) is 0 Å². The van der Waals surface area contributed by atoms with Gasteiger partial charge in [-0.15, -0.1) is 0 Å². The fourth-order valence-corrected chi connectivity index (χ4v) is 2.51. The maximum atomic E-state index is 5.94. The van der Waals surface area contributed by atoms with Gasteiger partial charge >= 0.3 is 0 Å². The van der Waals surface area contributed by atoms with Crippen molar-refractivity contribution in [1.82, 2.24) is 4.90 Å². The van der Waals surface area contributed by atoms with Crippen molar-refractivity contribution in [1.29, 1.82) is 0 Å². The molecule has 0 aliphatic heterocycles. The molecule has 1 saturated carbocycles. The summed E-state index contributed by atoms with van der Waals surface area (Å²) in [5, 5.41) is 0. The van der Waals surface area contributed by atoms with E-state index in [1.165, 1.54) is 31.2 Å². The van der Waals surface area contributed by atoms with Crippen LogP contribution in [0.4, 0.5) is 0 Å². The Bertz CT molecular complexity index is 319. The summed E-state index contributed by atoms with van der Waals surface area (Å²) in [7, 11) is 0. The molecule has 0 radical (unpaired) electrons. The van der Waals surface area contributed by atoms with Crippen LogP contribution in [0.15, 0.2) is 30.3 Å². The van der Waals surface area contributed by atoms with Gasteiger partial charge in [-0.25, -0.2) is 0 Å². The van der Waals surface area contributed by atoms with Crippen molar-refractivity contribution in [2.75, 3.05) is 6.54 Å². The van der Waals surface area contributed by atoms with Crippen LogP contribution in [0.5, 0.6) is 0 Å². The second-order valence-electron chi connectivity index (χ2n) is 5.07. The summed E-state index contributed by atoms with van der Waals surface area (Å²) < 4.78 is 0. The Morgan fingerprint density at radius 3 is 2.53 bits per heavy atom. The minimum atomic E-state index is 0.563. The predicted octanol–water partition coefficient (Wildman–Crippen LogP) is 2.78. The topological polar surface area (TPSA) is 29.3 Å². The van der Waals surface area contributed by atoms with Gasteiger partial charge in [0.25, 0.3) is 0 Å². The van der Waals surface area contributed by atoms with Crippen molar-refractivity contribution < 1.29 is 0 Å². The number of nitrogens with zero attached hydrogens (tertiary/aromatic N) is 1. The van der Waals surface area contributed by atoms with Gasteiger partial charge in [-0.2, -0.15) is 0 Å². The van der Waals surface area contributed by atoms with Gasteiger partial charge < -0.3 is 5.73 Å². The van der Waals surface area contributed by atoms with Crippen LogP contribution in [0.2, 0.25) is 0 Å². The second kappa shape index (κ2) is 6.18. The fraction of sp³-hybridized carbons (Fsp3) is 0.600. The lowest BCUT2D eigenvalue weighted by Gasteiger charge is -2.31. The quantitative estimate of drug-likeness (QED) is 0.783. The van der Waals surface area contributed by atoms with E-state index in [-0.39, 0.29) is 0 Å². The molecule has 1 aliphatic carbocycles. The van der Waals surface area contributed by atoms with Crippen LogP contribution in [-0.4, -0.2) is 23.5 Å². The summed E-state index contributed by atoms with van der Waals surface area (Å²) in [5.41, 5.74) is 7.35. The van der Waals surface area contributed by atoms with Crippen LogP contribution in [-0.2, 0) is 6.54 Å². The number of hydrogen-bond donors (Lipinski definition) is 1. The molecule has 94 valence electrons. The SMILES string of the molecule is CCCC(CN)N(Cc1ccccc1)C1CC1. The van der Waals surface area contributed by atoms with Gasteiger partial charge in [0, 0.05) is 25.2 Å². The molecular weight excluding hydrogens is 208 g/mol. The molecule has 0 amide bonds. The lowest BCUT2D eigenvalue weighted by Crippen LogP contribution is -2.41. The van der Waals surface area contributed by atoms with E-state index < -0.39 is 0 Å². The van der Waals surface area contributed by atoms with Crippen LogP contribution >= 0.6 is 0 Å². The van der Waals surface area contributed by atoms with Crippen LogP contribution in [0.25, 0.3) is 0 Å². The van der Waals surface area contributed by atoms with Crippen molar-refractivity contribution in [3.8, 4) is 0 Å². The zero-order valence-corrected chi connectivity index (χ0v) is 10.8. The predicted molar refractivity (Wildman–Crippen MR) is 72.8 cm³/mol. The van der Waals surface area contributed by atoms with E-state index in [0.29, 0.717) is 6.04 Å². The molecule has 2 heteroatoms. The first-order valence-electron chi connectivity index (χ1n) is 6.85. The van der Waals surface area contributed by atoms with Gasteiger partial charge in [-0.3, -0.25) is 4.90 Å². The first-order chi connectivity index (χ1) is 8.35. The van der Waals surface area contributed by atoms with E-state index in [4.69, 9.17) is 5.73 Å². The molecule has 17 heavy (non-hydrogen) atoms. The number of rotatable bonds is 7. The highest BCUT2D eigenvalue weighted by atomic mass is 15.2. The molecule has 1 aromatic carbocycles. The zero-order chi connectivity index (χ0) is 12.1. The molecule has 0 saturated heterocycles. The monoisotopic (exact) mass is 232 g/mol. The molecule has 0 heterocycles. The van der Waals surface area contributed by atoms with Gasteiger partial charge in [0.15, 0.2) is 0 Å². The summed E-state index contributed by atoms with van der Waals surface area (Å²) in [4.78, 5) is 2.62. The minimum absolute atomic E-state index is 0.563. The van der Waals surface area contributed by atoms with Crippen LogP contribution in [0.1, 0.15) is 38.2 Å². The van der Waals surface area contributed by atoms with Crippen LogP contribution < -0.4 is 5.73 Å². The van der Waals surface area contributed by atoms with E-state index in [2.05, 4.69) is 42.2 Å². The van der Waals surface area contributed by atoms with E-state index in [9.17, 15) is 0 Å². The molecule has 0 spiro atoms. The van der Waals surface area contributed by atoms with Gasteiger partial charge in [0.05, 0.1) is 0 Å². The number of benzene rings is 1. The molecule has 0 bridgehead atoms. The highest BCUT2D eigenvalue weighted by molar-refractivity contribution is 5.15. The molecule has 1 unspecified atom stereocenters. The average molecular weight is 232 g/mol. The Morgan fingerprint density at radius 1 is 1.29 bits per heavy atom. The summed E-state index contributed by atoms with van der Waals surface area (Å²) in [5.74, 6) is 0. The molecule has 1 aromatic rings. The highest BCUT2D eigenvalue weighted by Crippen LogP contribution is 2.31. The highest BCUT2D eigenvalue weighted by Gasteiger charge is 2.32. The third kappa shape index (κ3) is 3.55. The Kier molecular flexibility index (Phi) is 4.57. The third-order valence-corrected chi connectivity index (χ3v) is 3.59. The number of hydrogen-bond acceptors (Lipinski definition) is 2. The fourth-order valence-electron chi connectivity index (χ4n) is 2.51. The van der Waals surface area contributed by atoms with Crippen LogP contribution in [0.3, 0.4) is 0 Å². The summed E-state index contributed by atoms with van der Waals surface area (Å²) in [6, 6.07) is 12.1. The van der Waals surface area contributed by atoms with Gasteiger partial charge in [0.1, 0.15) is 0 Å². The summed E-state index contributed by atoms with van der Waals surface area (Å²) in [6.07, 6.45) is 5.15. The van der Waals surface area contributed by atoms with Gasteiger partial charge in [0.2, 0.25) is 0 Å². The Balaban J connectivity index is 2.01. The van der Waals surface area contributed by atoms with Crippen molar-refractivity contribution in [3.63, 3.8) is 0 Å². The van der Waals surface area contributed by atoms with Crippen molar-refractivity contribution >= 4 is 0 Å². The second-order valence-corrected chi connectivity index (χ2v) is 5.07. The average Bonchev–Trinajstić information content (AvgIpc) is 3.19. The number of nitrogens with two attached hydrogens (primary N) is 1. The standard InChI is InChI=1S/C15H24N2/c1-2-6-15(11-16)17(14-9-10-14)12-13-7-4-3-5-8-13/h3-5,7-8,14-15H,2,6,9-12,16H2,1H3. The molecule has 2 nitrogen and oxygen atoms in total. The molecule has 0 aromatic heterocycles. The third-order valence-electron chi connectivity index (χ3n) is 3.59. The van der Waals surface area contributed by atoms with Gasteiger partial charge in [-0.05, 0) is 24.8 Å². The smallest absolute Gasteiger partial charge is 0.0240 e. The summed E-state index contributed by atoms with van der Waals surface area (Å²) >= 11 is 0. The molecule has 2 N–H and O–H groups in total. The first kappa shape index (κ1) is 12.6. The molecule has 2 rings (SSSR count). The van der Waals surface area contributed by atoms with Gasteiger partial charge in [-0.1, -0.05) is 43.7 Å². The van der Waals surface area contributed by atoms with Crippen LogP contribution in [0, 0.1) is 0 Å².